The molecule has 0 heterocycles. The van der Waals surface area contributed by atoms with E-state index >= 15 is 0 Å². The van der Waals surface area contributed by atoms with E-state index in [9.17, 15) is 13.2 Å². The zero-order valence-electron chi connectivity index (χ0n) is 14.3. The number of carbonyl (C=O) groups is 1. The number of hydrogen-bond donors (Lipinski definition) is 3. The van der Waals surface area contributed by atoms with Gasteiger partial charge in [0.25, 0.3) is 0 Å². The summed E-state index contributed by atoms with van der Waals surface area (Å²) < 4.78 is 26.1. The Bertz CT molecular complexity index is 822. The van der Waals surface area contributed by atoms with Crippen LogP contribution in [0.15, 0.2) is 59.5 Å². The fraction of sp³-hybridized carbons (Fsp3) is 0.278. The minimum atomic E-state index is -3.53. The van der Waals surface area contributed by atoms with Gasteiger partial charge in [0, 0.05) is 0 Å². The first-order valence-corrected chi connectivity index (χ1v) is 9.45. The lowest BCUT2D eigenvalue weighted by atomic mass is 10.0. The van der Waals surface area contributed by atoms with Crippen LogP contribution in [0.4, 0.5) is 0 Å². The van der Waals surface area contributed by atoms with E-state index in [0.717, 1.165) is 5.56 Å². The molecule has 2 aromatic carbocycles. The molecule has 4 N–H and O–H groups in total. The van der Waals surface area contributed by atoms with Crippen LogP contribution in [0.2, 0.25) is 0 Å². The molecule has 0 aliphatic rings. The van der Waals surface area contributed by atoms with Gasteiger partial charge in [-0.15, -0.1) is 0 Å². The lowest BCUT2D eigenvalue weighted by molar-refractivity contribution is -0.123. The number of nitrogens with one attached hydrogen (secondary N) is 2. The van der Waals surface area contributed by atoms with Gasteiger partial charge < -0.3 is 11.1 Å². The van der Waals surface area contributed by atoms with Crippen LogP contribution in [0.3, 0.4) is 0 Å². The van der Waals surface area contributed by atoms with E-state index in [0.29, 0.717) is 12.0 Å². The van der Waals surface area contributed by atoms with Crippen LogP contribution < -0.4 is 15.8 Å². The largest absolute Gasteiger partial charge is 0.348 e. The van der Waals surface area contributed by atoms with Crippen LogP contribution >= 0.6 is 0 Å². The second-order valence-corrected chi connectivity index (χ2v) is 7.69. The molecule has 0 saturated heterocycles. The number of carbonyl (C=O) groups excluding carboxylic acids is 1. The van der Waals surface area contributed by atoms with Gasteiger partial charge in [-0.1, -0.05) is 42.5 Å². The number of amides is 1. The summed E-state index contributed by atoms with van der Waals surface area (Å²) in [7, 11) is -2.17. The Hall–Kier alpha value is -2.22. The summed E-state index contributed by atoms with van der Waals surface area (Å²) in [5.41, 5.74) is 7.66. The molecule has 1 unspecified atom stereocenters. The fourth-order valence-electron chi connectivity index (χ4n) is 2.43. The minimum absolute atomic E-state index is 0.155. The highest BCUT2D eigenvalue weighted by atomic mass is 32.2. The Balaban J connectivity index is 2.05. The highest BCUT2D eigenvalue weighted by Gasteiger charge is 2.18. The summed E-state index contributed by atoms with van der Waals surface area (Å²) in [5.74, 6) is -0.279. The molecule has 0 radical (unpaired) electrons. The second kappa shape index (κ2) is 8.24. The smallest absolute Gasteiger partial charge is 0.240 e. The van der Waals surface area contributed by atoms with Crippen molar-refractivity contribution in [2.45, 2.75) is 30.3 Å². The molecule has 0 fully saturated rings. The van der Waals surface area contributed by atoms with Crippen molar-refractivity contribution in [3.05, 3.63) is 65.7 Å². The van der Waals surface area contributed by atoms with Crippen molar-refractivity contribution in [2.75, 3.05) is 7.05 Å². The van der Waals surface area contributed by atoms with Gasteiger partial charge in [0.05, 0.1) is 17.0 Å². The first-order valence-electron chi connectivity index (χ1n) is 7.97. The Morgan fingerprint density at radius 1 is 1.12 bits per heavy atom. The molecular formula is C18H23N3O3S. The lowest BCUT2D eigenvalue weighted by Crippen LogP contribution is -2.43. The van der Waals surface area contributed by atoms with E-state index in [1.165, 1.54) is 13.1 Å². The molecule has 1 amide bonds. The highest BCUT2D eigenvalue weighted by Crippen LogP contribution is 2.17. The lowest BCUT2D eigenvalue weighted by Gasteiger charge is -2.18. The highest BCUT2D eigenvalue weighted by molar-refractivity contribution is 7.89. The molecule has 25 heavy (non-hydrogen) atoms. The fourth-order valence-corrected chi connectivity index (χ4v) is 3.22. The predicted molar refractivity (Wildman–Crippen MR) is 97.4 cm³/mol. The molecule has 0 saturated carbocycles. The SMILES string of the molecule is CNS(=O)(=O)c1cccc(C(C)NC(=O)[C@@H](N)Cc2ccccc2)c1. The molecule has 7 heteroatoms. The van der Waals surface area contributed by atoms with Crippen molar-refractivity contribution in [3.63, 3.8) is 0 Å². The van der Waals surface area contributed by atoms with Gasteiger partial charge in [-0.05, 0) is 43.7 Å². The first kappa shape index (κ1) is 19.1. The van der Waals surface area contributed by atoms with Crippen molar-refractivity contribution < 1.29 is 13.2 Å². The molecule has 2 aromatic rings. The van der Waals surface area contributed by atoms with Crippen LogP contribution in [-0.2, 0) is 21.2 Å². The average Bonchev–Trinajstić information content (AvgIpc) is 2.62. The molecule has 2 atom stereocenters. The van der Waals surface area contributed by atoms with Crippen LogP contribution in [0, 0.1) is 0 Å². The van der Waals surface area contributed by atoms with E-state index in [4.69, 9.17) is 5.73 Å². The van der Waals surface area contributed by atoms with E-state index in [-0.39, 0.29) is 16.8 Å². The van der Waals surface area contributed by atoms with Gasteiger partial charge in [-0.3, -0.25) is 4.79 Å². The monoisotopic (exact) mass is 361 g/mol. The summed E-state index contributed by atoms with van der Waals surface area (Å²) >= 11 is 0. The third kappa shape index (κ3) is 5.12. The third-order valence-corrected chi connectivity index (χ3v) is 5.34. The van der Waals surface area contributed by atoms with E-state index in [1.54, 1.807) is 25.1 Å². The quantitative estimate of drug-likeness (QED) is 0.693. The maximum Gasteiger partial charge on any atom is 0.240 e. The maximum absolute atomic E-state index is 12.3. The standard InChI is InChI=1S/C18H23N3O3S/c1-13(15-9-6-10-16(12-15)25(23,24)20-2)21-18(22)17(19)11-14-7-4-3-5-8-14/h3-10,12-13,17,20H,11,19H2,1-2H3,(H,21,22)/t13?,17-/m0/s1. The normalized spacial score (nSPS) is 13.9. The van der Waals surface area contributed by atoms with Gasteiger partial charge in [0.2, 0.25) is 15.9 Å². The van der Waals surface area contributed by atoms with Crippen molar-refractivity contribution in [1.82, 2.24) is 10.0 Å². The van der Waals surface area contributed by atoms with Gasteiger partial charge in [-0.25, -0.2) is 13.1 Å². The topological polar surface area (TPSA) is 101 Å². The average molecular weight is 361 g/mol. The Labute approximate surface area is 148 Å². The van der Waals surface area contributed by atoms with Crippen molar-refractivity contribution >= 4 is 15.9 Å². The molecule has 0 aromatic heterocycles. The molecular weight excluding hydrogens is 338 g/mol. The first-order chi connectivity index (χ1) is 11.8. The van der Waals surface area contributed by atoms with Crippen LogP contribution in [0.25, 0.3) is 0 Å². The summed E-state index contributed by atoms with van der Waals surface area (Å²) in [4.78, 5) is 12.5. The molecule has 134 valence electrons. The van der Waals surface area contributed by atoms with Crippen LogP contribution in [0.5, 0.6) is 0 Å². The zero-order valence-corrected chi connectivity index (χ0v) is 15.1. The van der Waals surface area contributed by atoms with Crippen LogP contribution in [0.1, 0.15) is 24.1 Å². The number of nitrogens with two attached hydrogens (primary N) is 1. The number of hydrogen-bond acceptors (Lipinski definition) is 4. The van der Waals surface area contributed by atoms with Crippen LogP contribution in [-0.4, -0.2) is 27.4 Å². The Morgan fingerprint density at radius 3 is 2.44 bits per heavy atom. The summed E-state index contributed by atoms with van der Waals surface area (Å²) in [5, 5.41) is 2.83. The van der Waals surface area contributed by atoms with Crippen molar-refractivity contribution in [1.29, 1.82) is 0 Å². The number of sulfonamides is 1. The van der Waals surface area contributed by atoms with E-state index in [2.05, 4.69) is 10.0 Å². The minimum Gasteiger partial charge on any atom is -0.348 e. The predicted octanol–water partition coefficient (Wildman–Crippen LogP) is 1.34. The van der Waals surface area contributed by atoms with E-state index in [1.807, 2.05) is 30.3 Å². The maximum atomic E-state index is 12.3. The molecule has 0 spiro atoms. The molecule has 6 nitrogen and oxygen atoms in total. The number of rotatable bonds is 7. The summed E-state index contributed by atoms with van der Waals surface area (Å²) in [6.07, 6.45) is 0.438. The summed E-state index contributed by atoms with van der Waals surface area (Å²) in [6, 6.07) is 15.0. The van der Waals surface area contributed by atoms with Crippen molar-refractivity contribution in [3.8, 4) is 0 Å². The molecule has 0 aliphatic heterocycles. The van der Waals surface area contributed by atoms with Gasteiger partial charge in [0.1, 0.15) is 0 Å². The third-order valence-electron chi connectivity index (χ3n) is 3.93. The summed E-state index contributed by atoms with van der Waals surface area (Å²) in [6.45, 7) is 1.79. The van der Waals surface area contributed by atoms with Gasteiger partial charge in [0.15, 0.2) is 0 Å². The zero-order chi connectivity index (χ0) is 18.4. The molecule has 2 rings (SSSR count). The Kier molecular flexibility index (Phi) is 6.30. The van der Waals surface area contributed by atoms with Gasteiger partial charge in [-0.2, -0.15) is 0 Å². The van der Waals surface area contributed by atoms with E-state index < -0.39 is 16.1 Å². The molecule has 0 aliphatic carbocycles. The second-order valence-electron chi connectivity index (χ2n) is 5.81. The number of benzene rings is 2. The molecule has 0 bridgehead atoms. The van der Waals surface area contributed by atoms with Gasteiger partial charge >= 0.3 is 0 Å². The van der Waals surface area contributed by atoms with Crippen molar-refractivity contribution in [2.24, 2.45) is 5.73 Å². The Morgan fingerprint density at radius 2 is 1.80 bits per heavy atom.